The normalized spacial score (nSPS) is 10.4. The molecule has 8 heteroatoms. The van der Waals surface area contributed by atoms with Gasteiger partial charge >= 0.3 is 0 Å². The molecule has 0 bridgehead atoms. The Bertz CT molecular complexity index is 686. The largest absolute Gasteiger partial charge is 0.360 e. The molecule has 1 aromatic carbocycles. The fourth-order valence-electron chi connectivity index (χ4n) is 1.81. The molecule has 1 heterocycles. The zero-order valence-corrected chi connectivity index (χ0v) is 15.3. The lowest BCUT2D eigenvalue weighted by Crippen LogP contribution is -2.12. The summed E-state index contributed by atoms with van der Waals surface area (Å²) >= 11 is 3.02. The number of aromatic nitrogens is 2. The van der Waals surface area contributed by atoms with Gasteiger partial charge in [0.2, 0.25) is 11.0 Å². The van der Waals surface area contributed by atoms with Gasteiger partial charge < -0.3 is 10.6 Å². The van der Waals surface area contributed by atoms with Crippen LogP contribution in [0.15, 0.2) is 28.6 Å². The third-order valence-corrected chi connectivity index (χ3v) is 5.08. The topological polar surface area (TPSA) is 84.0 Å². The van der Waals surface area contributed by atoms with E-state index in [9.17, 15) is 9.59 Å². The molecule has 1 amide bonds. The number of benzene rings is 1. The number of ketones is 1. The van der Waals surface area contributed by atoms with E-state index in [-0.39, 0.29) is 11.7 Å². The van der Waals surface area contributed by atoms with Gasteiger partial charge in [0.15, 0.2) is 10.1 Å². The van der Waals surface area contributed by atoms with Gasteiger partial charge in [0.25, 0.3) is 0 Å². The predicted molar refractivity (Wildman–Crippen MR) is 99.1 cm³/mol. The van der Waals surface area contributed by atoms with E-state index in [1.54, 1.807) is 24.3 Å². The summed E-state index contributed by atoms with van der Waals surface area (Å²) in [4.78, 5) is 23.1. The van der Waals surface area contributed by atoms with Gasteiger partial charge in [-0.05, 0) is 37.6 Å². The molecule has 6 nitrogen and oxygen atoms in total. The van der Waals surface area contributed by atoms with Crippen LogP contribution in [0, 0.1) is 0 Å². The Morgan fingerprint density at radius 3 is 2.62 bits per heavy atom. The van der Waals surface area contributed by atoms with E-state index < -0.39 is 0 Å². The Balaban J connectivity index is 1.73. The van der Waals surface area contributed by atoms with Gasteiger partial charge in [0.05, 0.1) is 0 Å². The summed E-state index contributed by atoms with van der Waals surface area (Å²) < 4.78 is 0.854. The van der Waals surface area contributed by atoms with E-state index in [1.165, 1.54) is 30.0 Å². The minimum absolute atomic E-state index is 0.00845. The lowest BCUT2D eigenvalue weighted by molar-refractivity contribution is -0.115. The van der Waals surface area contributed by atoms with Gasteiger partial charge in [0, 0.05) is 30.0 Å². The molecular formula is C16H20N4O2S2. The van der Waals surface area contributed by atoms with Crippen LogP contribution in [0.25, 0.3) is 0 Å². The van der Waals surface area contributed by atoms with Crippen LogP contribution < -0.4 is 10.6 Å². The van der Waals surface area contributed by atoms with Gasteiger partial charge in [-0.25, -0.2) is 0 Å². The van der Waals surface area contributed by atoms with E-state index in [0.717, 1.165) is 22.4 Å². The zero-order valence-electron chi connectivity index (χ0n) is 13.7. The average molecular weight is 364 g/mol. The first-order chi connectivity index (χ1) is 11.6. The number of Topliss-reactive ketones (excluding diaryl/α,β-unsaturated/α-hetero) is 1. The fourth-order valence-corrected chi connectivity index (χ4v) is 3.60. The second-order valence-electron chi connectivity index (χ2n) is 5.08. The Morgan fingerprint density at radius 2 is 1.96 bits per heavy atom. The maximum atomic E-state index is 11.9. The third kappa shape index (κ3) is 5.93. The van der Waals surface area contributed by atoms with Crippen LogP contribution in [0.5, 0.6) is 0 Å². The van der Waals surface area contributed by atoms with Crippen molar-refractivity contribution in [3.63, 3.8) is 0 Å². The van der Waals surface area contributed by atoms with E-state index in [0.29, 0.717) is 23.4 Å². The number of hydrogen-bond acceptors (Lipinski definition) is 7. The summed E-state index contributed by atoms with van der Waals surface area (Å²) in [5, 5.41) is 15.0. The molecule has 128 valence electrons. The number of nitrogens with zero attached hydrogens (tertiary/aromatic N) is 2. The number of thioether (sulfide) groups is 1. The first kappa shape index (κ1) is 18.4. The third-order valence-electron chi connectivity index (χ3n) is 3.06. The molecule has 0 fully saturated rings. The molecule has 0 aliphatic carbocycles. The molecule has 0 atom stereocenters. The molecule has 24 heavy (non-hydrogen) atoms. The van der Waals surface area contributed by atoms with Gasteiger partial charge in [-0.2, -0.15) is 0 Å². The molecular weight excluding hydrogens is 344 g/mol. The number of hydrogen-bond donors (Lipinski definition) is 2. The lowest BCUT2D eigenvalue weighted by Gasteiger charge is -2.05. The number of carbonyl (C=O) groups is 2. The van der Waals surface area contributed by atoms with Crippen molar-refractivity contribution < 1.29 is 9.59 Å². The molecule has 0 aliphatic rings. The molecule has 0 unspecified atom stereocenters. The lowest BCUT2D eigenvalue weighted by atomic mass is 10.1. The van der Waals surface area contributed by atoms with Crippen LogP contribution in [-0.4, -0.2) is 34.2 Å². The predicted octanol–water partition coefficient (Wildman–Crippen LogP) is 3.68. The van der Waals surface area contributed by atoms with Crippen molar-refractivity contribution in [1.29, 1.82) is 0 Å². The summed E-state index contributed by atoms with van der Waals surface area (Å²) in [5.41, 5.74) is 1.32. The van der Waals surface area contributed by atoms with Gasteiger partial charge in [-0.1, -0.05) is 30.0 Å². The highest BCUT2D eigenvalue weighted by Crippen LogP contribution is 2.26. The molecule has 0 spiro atoms. The number of rotatable bonds is 9. The molecule has 2 aromatic rings. The van der Waals surface area contributed by atoms with E-state index >= 15 is 0 Å². The molecule has 1 aromatic heterocycles. The maximum absolute atomic E-state index is 11.9. The Labute approximate surface area is 149 Å². The highest BCUT2D eigenvalue weighted by atomic mass is 32.2. The minimum Gasteiger partial charge on any atom is -0.360 e. The van der Waals surface area contributed by atoms with Crippen LogP contribution in [0.3, 0.4) is 0 Å². The average Bonchev–Trinajstić information content (AvgIpc) is 3.01. The number of carbonyl (C=O) groups excluding carboxylic acids is 2. The first-order valence-electron chi connectivity index (χ1n) is 7.69. The highest BCUT2D eigenvalue weighted by Gasteiger charge is 2.07. The Hall–Kier alpha value is -1.93. The van der Waals surface area contributed by atoms with Gasteiger partial charge in [-0.3, -0.25) is 9.59 Å². The maximum Gasteiger partial charge on any atom is 0.225 e. The zero-order chi connectivity index (χ0) is 17.4. The quantitative estimate of drug-likeness (QED) is 0.521. The molecule has 0 saturated carbocycles. The van der Waals surface area contributed by atoms with Crippen molar-refractivity contribution in [1.82, 2.24) is 10.2 Å². The van der Waals surface area contributed by atoms with Crippen LogP contribution in [0.2, 0.25) is 0 Å². The minimum atomic E-state index is -0.0630. The second-order valence-corrected chi connectivity index (χ2v) is 7.40. The van der Waals surface area contributed by atoms with Crippen LogP contribution in [0.4, 0.5) is 10.8 Å². The summed E-state index contributed by atoms with van der Waals surface area (Å²) in [6.07, 6.45) is 1.42. The molecule has 0 aliphatic heterocycles. The summed E-state index contributed by atoms with van der Waals surface area (Å²) in [6, 6.07) is 6.88. The smallest absolute Gasteiger partial charge is 0.225 e. The fraction of sp³-hybridized carbons (Fsp3) is 0.375. The van der Waals surface area contributed by atoms with Crippen molar-refractivity contribution in [3.05, 3.63) is 29.8 Å². The van der Waals surface area contributed by atoms with Crippen molar-refractivity contribution in [3.8, 4) is 0 Å². The number of nitrogens with one attached hydrogen (secondary N) is 2. The Morgan fingerprint density at radius 1 is 1.21 bits per heavy atom. The van der Waals surface area contributed by atoms with Crippen molar-refractivity contribution in [2.24, 2.45) is 0 Å². The molecule has 0 saturated heterocycles. The second kappa shape index (κ2) is 9.39. The molecule has 2 N–H and O–H groups in total. The van der Waals surface area contributed by atoms with Crippen LogP contribution >= 0.6 is 23.1 Å². The standard InChI is InChI=1S/C16H20N4O2S2/c1-3-9-17-15-19-20-16(24-15)23-10-8-14(22)18-13-6-4-12(5-7-13)11(2)21/h4-7H,3,8-10H2,1-2H3,(H,17,19)(H,18,22). The SMILES string of the molecule is CCCNc1nnc(SCCC(=O)Nc2ccc(C(C)=O)cc2)s1. The number of anilines is 2. The van der Waals surface area contributed by atoms with Gasteiger partial charge in [-0.15, -0.1) is 10.2 Å². The summed E-state index contributed by atoms with van der Waals surface area (Å²) in [7, 11) is 0. The van der Waals surface area contributed by atoms with Crippen molar-refractivity contribution >= 4 is 45.6 Å². The Kier molecular flexibility index (Phi) is 7.20. The van der Waals surface area contributed by atoms with E-state index in [2.05, 4.69) is 27.8 Å². The van der Waals surface area contributed by atoms with E-state index in [1.807, 2.05) is 0 Å². The summed E-state index contributed by atoms with van der Waals surface area (Å²) in [6.45, 7) is 4.49. The highest BCUT2D eigenvalue weighted by molar-refractivity contribution is 8.01. The van der Waals surface area contributed by atoms with Crippen LogP contribution in [0.1, 0.15) is 37.0 Å². The molecule has 0 radical (unpaired) electrons. The van der Waals surface area contributed by atoms with Gasteiger partial charge in [0.1, 0.15) is 0 Å². The molecule has 2 rings (SSSR count). The van der Waals surface area contributed by atoms with Crippen LogP contribution in [-0.2, 0) is 4.79 Å². The monoisotopic (exact) mass is 364 g/mol. The van der Waals surface area contributed by atoms with Crippen molar-refractivity contribution in [2.45, 2.75) is 31.0 Å². The summed E-state index contributed by atoms with van der Waals surface area (Å²) in [5.74, 6) is 0.584. The number of amides is 1. The first-order valence-corrected chi connectivity index (χ1v) is 9.49. The van der Waals surface area contributed by atoms with E-state index in [4.69, 9.17) is 0 Å². The van der Waals surface area contributed by atoms with Crippen molar-refractivity contribution in [2.75, 3.05) is 22.9 Å².